The number of carbonyl (C=O) groups is 1. The summed E-state index contributed by atoms with van der Waals surface area (Å²) in [6.45, 7) is 7.37. The molecule has 1 atom stereocenters. The number of nitrogens with zero attached hydrogens (tertiary/aromatic N) is 4. The van der Waals surface area contributed by atoms with E-state index < -0.39 is 11.7 Å². The smallest absolute Gasteiger partial charge is 0.408 e. The lowest BCUT2D eigenvalue weighted by Gasteiger charge is -2.22. The molecule has 0 bridgehead atoms. The topological polar surface area (TPSA) is 74.0 Å². The zero-order chi connectivity index (χ0) is 15.6. The van der Waals surface area contributed by atoms with Crippen molar-refractivity contribution in [3.8, 4) is 5.69 Å². The molecule has 2 heterocycles. The largest absolute Gasteiger partial charge is 0.444 e. The molecule has 0 fully saturated rings. The van der Waals surface area contributed by atoms with Gasteiger partial charge in [-0.15, -0.1) is 0 Å². The van der Waals surface area contributed by atoms with Crippen LogP contribution < -0.4 is 5.32 Å². The Morgan fingerprint density at radius 2 is 2.10 bits per heavy atom. The Bertz CT molecular complexity index is 623. The summed E-state index contributed by atoms with van der Waals surface area (Å²) in [4.78, 5) is 16.0. The lowest BCUT2D eigenvalue weighted by Crippen LogP contribution is -2.34. The second-order valence-corrected chi connectivity index (χ2v) is 5.93. The number of amides is 1. The van der Waals surface area contributed by atoms with E-state index in [4.69, 9.17) is 4.74 Å². The Balaban J connectivity index is 2.12. The van der Waals surface area contributed by atoms with Crippen LogP contribution in [0.25, 0.3) is 5.69 Å². The van der Waals surface area contributed by atoms with Gasteiger partial charge in [-0.2, -0.15) is 5.10 Å². The molecule has 114 valence electrons. The summed E-state index contributed by atoms with van der Waals surface area (Å²) in [5.74, 6) is 0. The Morgan fingerprint density at radius 1 is 1.38 bits per heavy atom. The fourth-order valence-corrected chi connectivity index (χ4v) is 1.93. The Morgan fingerprint density at radius 3 is 2.67 bits per heavy atom. The fraction of sp³-hybridized carbons (Fsp3) is 0.500. The summed E-state index contributed by atoms with van der Waals surface area (Å²) in [6, 6.07) is -0.234. The minimum Gasteiger partial charge on any atom is -0.444 e. The van der Waals surface area contributed by atoms with Crippen LogP contribution in [0.2, 0.25) is 0 Å². The third-order valence-corrected chi connectivity index (χ3v) is 2.81. The molecule has 2 aromatic rings. The van der Waals surface area contributed by atoms with Crippen LogP contribution in [0.1, 0.15) is 39.4 Å². The first-order valence-corrected chi connectivity index (χ1v) is 6.77. The number of aryl methyl sites for hydroxylation is 1. The molecule has 0 saturated carbocycles. The van der Waals surface area contributed by atoms with Crippen LogP contribution in [0.4, 0.5) is 4.79 Å². The Labute approximate surface area is 123 Å². The molecule has 0 spiro atoms. The van der Waals surface area contributed by atoms with Gasteiger partial charge in [0, 0.05) is 13.2 Å². The number of hydrogen-bond acceptors (Lipinski definition) is 4. The highest BCUT2D eigenvalue weighted by Gasteiger charge is 2.20. The first-order chi connectivity index (χ1) is 9.76. The van der Waals surface area contributed by atoms with E-state index in [0.29, 0.717) is 0 Å². The van der Waals surface area contributed by atoms with Gasteiger partial charge in [-0.05, 0) is 27.7 Å². The fourth-order valence-electron chi connectivity index (χ4n) is 1.93. The quantitative estimate of drug-likeness (QED) is 0.940. The second-order valence-electron chi connectivity index (χ2n) is 5.93. The Hall–Kier alpha value is -2.31. The minimum absolute atomic E-state index is 0.234. The summed E-state index contributed by atoms with van der Waals surface area (Å²) in [5.41, 5.74) is 1.23. The molecule has 1 N–H and O–H groups in total. The van der Waals surface area contributed by atoms with Gasteiger partial charge >= 0.3 is 6.09 Å². The molecular formula is C14H21N5O2. The molecule has 1 amide bonds. The van der Waals surface area contributed by atoms with Crippen molar-refractivity contribution in [2.45, 2.75) is 39.3 Å². The number of aromatic nitrogens is 4. The van der Waals surface area contributed by atoms with Crippen molar-refractivity contribution in [1.29, 1.82) is 0 Å². The number of rotatable bonds is 3. The van der Waals surface area contributed by atoms with Gasteiger partial charge in [0.2, 0.25) is 0 Å². The molecule has 0 aromatic carbocycles. The average molecular weight is 291 g/mol. The summed E-state index contributed by atoms with van der Waals surface area (Å²) >= 11 is 0. The molecule has 7 nitrogen and oxygen atoms in total. The zero-order valence-corrected chi connectivity index (χ0v) is 13.0. The van der Waals surface area contributed by atoms with Gasteiger partial charge in [-0.3, -0.25) is 9.25 Å². The number of ether oxygens (including phenoxy) is 1. The van der Waals surface area contributed by atoms with Crippen molar-refractivity contribution in [2.24, 2.45) is 7.05 Å². The SMILES string of the molecule is C[C@H](NC(=O)OC(C)(C)C)c1cncn1-c1cnn(C)c1. The summed E-state index contributed by atoms with van der Waals surface area (Å²) in [5, 5.41) is 6.95. The van der Waals surface area contributed by atoms with E-state index in [1.54, 1.807) is 23.4 Å². The van der Waals surface area contributed by atoms with E-state index >= 15 is 0 Å². The maximum Gasteiger partial charge on any atom is 0.408 e. The van der Waals surface area contributed by atoms with E-state index in [1.165, 1.54) is 0 Å². The highest BCUT2D eigenvalue weighted by atomic mass is 16.6. The molecule has 21 heavy (non-hydrogen) atoms. The normalized spacial score (nSPS) is 13.0. The van der Waals surface area contributed by atoms with Gasteiger partial charge in [-0.25, -0.2) is 9.78 Å². The molecular weight excluding hydrogens is 270 g/mol. The number of imidazole rings is 1. The van der Waals surface area contributed by atoms with Gasteiger partial charge in [0.05, 0.1) is 36.1 Å². The molecule has 0 aliphatic heterocycles. The van der Waals surface area contributed by atoms with Gasteiger partial charge in [-0.1, -0.05) is 0 Å². The second kappa shape index (κ2) is 5.59. The average Bonchev–Trinajstić information content (AvgIpc) is 2.93. The van der Waals surface area contributed by atoms with Crippen LogP contribution in [-0.2, 0) is 11.8 Å². The summed E-state index contributed by atoms with van der Waals surface area (Å²) in [6.07, 6.45) is 6.58. The molecule has 0 aliphatic carbocycles. The summed E-state index contributed by atoms with van der Waals surface area (Å²) < 4.78 is 8.86. The number of alkyl carbamates (subject to hydrolysis) is 1. The van der Waals surface area contributed by atoms with Gasteiger partial charge in [0.25, 0.3) is 0 Å². The predicted octanol–water partition coefficient (Wildman–Crippen LogP) is 2.19. The van der Waals surface area contributed by atoms with E-state index in [2.05, 4.69) is 15.4 Å². The monoisotopic (exact) mass is 291 g/mol. The highest BCUT2D eigenvalue weighted by molar-refractivity contribution is 5.68. The van der Waals surface area contributed by atoms with Crippen LogP contribution >= 0.6 is 0 Å². The first kappa shape index (κ1) is 15.1. The molecule has 0 saturated heterocycles. The van der Waals surface area contributed by atoms with Crippen molar-refractivity contribution < 1.29 is 9.53 Å². The highest BCUT2D eigenvalue weighted by Crippen LogP contribution is 2.17. The number of hydrogen-bond donors (Lipinski definition) is 1. The van der Waals surface area contributed by atoms with Gasteiger partial charge < -0.3 is 10.1 Å². The zero-order valence-electron chi connectivity index (χ0n) is 13.0. The van der Waals surface area contributed by atoms with E-state index in [1.807, 2.05) is 45.5 Å². The molecule has 7 heteroatoms. The minimum atomic E-state index is -0.520. The standard InChI is InChI=1S/C14H21N5O2/c1-10(17-13(20)21-14(2,3)4)12-7-15-9-19(12)11-6-16-18(5)8-11/h6-10H,1-5H3,(H,17,20)/t10-/m0/s1. The molecule has 0 aliphatic rings. The van der Waals surface area contributed by atoms with Gasteiger partial charge in [0.1, 0.15) is 5.60 Å². The maximum atomic E-state index is 11.8. The van der Waals surface area contributed by atoms with Crippen molar-refractivity contribution in [1.82, 2.24) is 24.6 Å². The van der Waals surface area contributed by atoms with Crippen molar-refractivity contribution in [3.05, 3.63) is 30.6 Å². The molecule has 2 aromatic heterocycles. The van der Waals surface area contributed by atoms with Crippen LogP contribution in [0.5, 0.6) is 0 Å². The molecule has 0 radical (unpaired) electrons. The molecule has 0 unspecified atom stereocenters. The van der Waals surface area contributed by atoms with Crippen LogP contribution in [0.3, 0.4) is 0 Å². The lowest BCUT2D eigenvalue weighted by atomic mass is 10.2. The maximum absolute atomic E-state index is 11.8. The first-order valence-electron chi connectivity index (χ1n) is 6.77. The number of carbonyl (C=O) groups excluding carboxylic acids is 1. The van der Waals surface area contributed by atoms with Crippen molar-refractivity contribution in [3.63, 3.8) is 0 Å². The van der Waals surface area contributed by atoms with Crippen LogP contribution in [0, 0.1) is 0 Å². The third kappa shape index (κ3) is 3.84. The van der Waals surface area contributed by atoms with Crippen molar-refractivity contribution >= 4 is 6.09 Å². The third-order valence-electron chi connectivity index (χ3n) is 2.81. The van der Waals surface area contributed by atoms with E-state index in [9.17, 15) is 4.79 Å². The molecule has 2 rings (SSSR count). The number of nitrogens with one attached hydrogen (secondary N) is 1. The van der Waals surface area contributed by atoms with Gasteiger partial charge in [0.15, 0.2) is 0 Å². The van der Waals surface area contributed by atoms with Crippen LogP contribution in [0.15, 0.2) is 24.9 Å². The Kier molecular flexibility index (Phi) is 4.02. The lowest BCUT2D eigenvalue weighted by molar-refractivity contribution is 0.0506. The van der Waals surface area contributed by atoms with E-state index in [0.717, 1.165) is 11.4 Å². The summed E-state index contributed by atoms with van der Waals surface area (Å²) in [7, 11) is 1.85. The predicted molar refractivity (Wildman–Crippen MR) is 78.1 cm³/mol. The van der Waals surface area contributed by atoms with Crippen LogP contribution in [-0.4, -0.2) is 31.0 Å². The van der Waals surface area contributed by atoms with Crippen molar-refractivity contribution in [2.75, 3.05) is 0 Å². The van der Waals surface area contributed by atoms with E-state index in [-0.39, 0.29) is 6.04 Å².